The zero-order valence-corrected chi connectivity index (χ0v) is 27.7. The van der Waals surface area contributed by atoms with Crippen molar-refractivity contribution >= 4 is 80.1 Å². The van der Waals surface area contributed by atoms with Gasteiger partial charge in [-0.25, -0.2) is 10.4 Å². The van der Waals surface area contributed by atoms with E-state index in [4.69, 9.17) is 21.1 Å². The minimum absolute atomic E-state index is 0.213. The van der Waals surface area contributed by atoms with Crippen LogP contribution in [-0.4, -0.2) is 36.2 Å². The Kier molecular flexibility index (Phi) is 11.0. The topological polar surface area (TPSA) is 114 Å². The molecule has 45 heavy (non-hydrogen) atoms. The number of hydrazone groups is 1. The van der Waals surface area contributed by atoms with Gasteiger partial charge in [0, 0.05) is 32.9 Å². The molecule has 0 atom stereocenters. The summed E-state index contributed by atoms with van der Waals surface area (Å²) in [5.41, 5.74) is 7.00. The van der Waals surface area contributed by atoms with Crippen LogP contribution < -0.4 is 25.5 Å². The second kappa shape index (κ2) is 15.5. The van der Waals surface area contributed by atoms with Gasteiger partial charge in [0.25, 0.3) is 11.8 Å². The first-order chi connectivity index (χ1) is 21.9. The molecule has 3 N–H and O–H groups in total. The molecule has 0 aliphatic rings. The first kappa shape index (κ1) is 31.9. The number of halogens is 2. The zero-order chi connectivity index (χ0) is 31.6. The number of carbonyl (C=O) groups excluding carboxylic acids is 2. The highest BCUT2D eigenvalue weighted by molar-refractivity contribution is 14.1. The molecule has 5 aromatic rings. The summed E-state index contributed by atoms with van der Waals surface area (Å²) in [6.45, 7) is 2.03. The Balaban J connectivity index is 1.17. The average Bonchev–Trinajstić information content (AvgIpc) is 3.51. The molecule has 0 fully saturated rings. The molecule has 5 rings (SSSR count). The first-order valence-corrected chi connectivity index (χ1v) is 16.1. The summed E-state index contributed by atoms with van der Waals surface area (Å²) in [5.74, 6) is 0.214. The molecule has 12 heteroatoms. The van der Waals surface area contributed by atoms with Gasteiger partial charge in [-0.2, -0.15) is 5.10 Å². The quantitative estimate of drug-likeness (QED) is 0.0677. The predicted molar refractivity (Wildman–Crippen MR) is 188 cm³/mol. The lowest BCUT2D eigenvalue weighted by Gasteiger charge is -2.14. The number of carbonyl (C=O) groups is 2. The molecule has 0 bridgehead atoms. The molecular formula is C33H27ClIN5O4S. The number of hydrogen-bond acceptors (Lipinski definition) is 8. The number of thiazole rings is 1. The van der Waals surface area contributed by atoms with Crippen LogP contribution in [0.2, 0.25) is 5.02 Å². The van der Waals surface area contributed by atoms with Gasteiger partial charge in [-0.3, -0.25) is 9.59 Å². The molecule has 2 amide bonds. The fourth-order valence-electron chi connectivity index (χ4n) is 4.06. The SMILES string of the molecule is CCOc1cc(/C=N/NC(=O)c2ccc(-c3csc(Nc4ccccc4)n3)cc2)cc(I)c1OCC(=O)Nc1ccc(Cl)cc1. The molecule has 0 radical (unpaired) electrons. The predicted octanol–water partition coefficient (Wildman–Crippen LogP) is 7.99. The molecule has 228 valence electrons. The summed E-state index contributed by atoms with van der Waals surface area (Å²) in [7, 11) is 0. The minimum Gasteiger partial charge on any atom is -0.490 e. The van der Waals surface area contributed by atoms with E-state index in [-0.39, 0.29) is 18.4 Å². The standard InChI is InChI=1S/C33H27ClIN5O4S/c1-2-43-29-17-21(16-27(35)31(29)44-19-30(41)37-26-14-12-24(34)13-15-26)18-36-40-32(42)23-10-8-22(9-11-23)28-20-45-33(39-28)38-25-6-4-3-5-7-25/h3-18,20H,2,19H2,1H3,(H,37,41)(H,38,39)(H,40,42)/b36-18+. The highest BCUT2D eigenvalue weighted by Crippen LogP contribution is 2.34. The van der Waals surface area contributed by atoms with E-state index in [0.29, 0.717) is 43.5 Å². The number of rotatable bonds is 12. The monoisotopic (exact) mass is 751 g/mol. The number of para-hydroxylation sites is 1. The molecule has 0 saturated heterocycles. The van der Waals surface area contributed by atoms with Crippen LogP contribution in [0, 0.1) is 3.57 Å². The number of amides is 2. The van der Waals surface area contributed by atoms with Crippen LogP contribution in [0.1, 0.15) is 22.8 Å². The van der Waals surface area contributed by atoms with Crippen molar-refractivity contribution < 1.29 is 19.1 Å². The Morgan fingerprint density at radius 2 is 1.73 bits per heavy atom. The number of aromatic nitrogens is 1. The van der Waals surface area contributed by atoms with Gasteiger partial charge < -0.3 is 20.1 Å². The van der Waals surface area contributed by atoms with E-state index < -0.39 is 0 Å². The smallest absolute Gasteiger partial charge is 0.271 e. The van der Waals surface area contributed by atoms with Crippen molar-refractivity contribution in [2.75, 3.05) is 23.8 Å². The maximum Gasteiger partial charge on any atom is 0.271 e. The van der Waals surface area contributed by atoms with Gasteiger partial charge in [0.15, 0.2) is 23.2 Å². The van der Waals surface area contributed by atoms with Crippen LogP contribution in [0.4, 0.5) is 16.5 Å². The van der Waals surface area contributed by atoms with Crippen molar-refractivity contribution in [3.63, 3.8) is 0 Å². The number of nitrogens with one attached hydrogen (secondary N) is 3. The third kappa shape index (κ3) is 9.03. The van der Waals surface area contributed by atoms with Gasteiger partial charge in [-0.1, -0.05) is 41.9 Å². The first-order valence-electron chi connectivity index (χ1n) is 13.7. The third-order valence-electron chi connectivity index (χ3n) is 6.16. The second-order valence-corrected chi connectivity index (χ2v) is 11.9. The van der Waals surface area contributed by atoms with Gasteiger partial charge in [0.1, 0.15) is 0 Å². The largest absolute Gasteiger partial charge is 0.490 e. The van der Waals surface area contributed by atoms with Crippen LogP contribution >= 0.6 is 45.5 Å². The van der Waals surface area contributed by atoms with Crippen molar-refractivity contribution in [3.05, 3.63) is 116 Å². The lowest BCUT2D eigenvalue weighted by Crippen LogP contribution is -2.20. The molecule has 0 aliphatic carbocycles. The number of ether oxygens (including phenoxy) is 2. The number of nitrogens with zero attached hydrogens (tertiary/aromatic N) is 2. The van der Waals surface area contributed by atoms with E-state index in [0.717, 1.165) is 22.1 Å². The molecule has 0 unspecified atom stereocenters. The molecular weight excluding hydrogens is 725 g/mol. The average molecular weight is 752 g/mol. The summed E-state index contributed by atoms with van der Waals surface area (Å²) in [5, 5.41) is 13.5. The maximum atomic E-state index is 12.7. The molecule has 1 aromatic heterocycles. The van der Waals surface area contributed by atoms with Gasteiger partial charge in [0.2, 0.25) is 0 Å². The maximum absolute atomic E-state index is 12.7. The molecule has 0 saturated carbocycles. The highest BCUT2D eigenvalue weighted by atomic mass is 127. The molecule has 4 aromatic carbocycles. The Morgan fingerprint density at radius 1 is 0.978 bits per heavy atom. The van der Waals surface area contributed by atoms with Gasteiger partial charge in [0.05, 0.1) is 22.1 Å². The molecule has 1 heterocycles. The fraction of sp³-hybridized carbons (Fsp3) is 0.0909. The molecule has 9 nitrogen and oxygen atoms in total. The van der Waals surface area contributed by atoms with Crippen molar-refractivity contribution in [2.24, 2.45) is 5.10 Å². The summed E-state index contributed by atoms with van der Waals surface area (Å²) >= 11 is 9.51. The van der Waals surface area contributed by atoms with Crippen molar-refractivity contribution in [3.8, 4) is 22.8 Å². The van der Waals surface area contributed by atoms with E-state index in [1.54, 1.807) is 42.5 Å². The van der Waals surface area contributed by atoms with Crippen molar-refractivity contribution in [2.45, 2.75) is 6.92 Å². The van der Waals surface area contributed by atoms with Crippen molar-refractivity contribution in [1.82, 2.24) is 10.4 Å². The molecule has 0 aliphatic heterocycles. The van der Waals surface area contributed by atoms with E-state index in [9.17, 15) is 9.59 Å². The normalized spacial score (nSPS) is 10.8. The summed E-state index contributed by atoms with van der Waals surface area (Å²) in [6, 6.07) is 27.4. The highest BCUT2D eigenvalue weighted by Gasteiger charge is 2.14. The number of hydrogen-bond donors (Lipinski definition) is 3. The van der Waals surface area contributed by atoms with Gasteiger partial charge in [-0.15, -0.1) is 11.3 Å². The van der Waals surface area contributed by atoms with Crippen molar-refractivity contribution in [1.29, 1.82) is 0 Å². The van der Waals surface area contributed by atoms with Crippen LogP contribution in [0.15, 0.2) is 101 Å². The minimum atomic E-state index is -0.353. The summed E-state index contributed by atoms with van der Waals surface area (Å²) in [4.78, 5) is 29.8. The zero-order valence-electron chi connectivity index (χ0n) is 23.9. The second-order valence-electron chi connectivity index (χ2n) is 9.41. The van der Waals surface area contributed by atoms with Gasteiger partial charge >= 0.3 is 0 Å². The van der Waals surface area contributed by atoms with Crippen LogP contribution in [0.3, 0.4) is 0 Å². The third-order valence-corrected chi connectivity index (χ3v) is 7.97. The summed E-state index contributed by atoms with van der Waals surface area (Å²) in [6.07, 6.45) is 1.52. The number of anilines is 3. The Morgan fingerprint density at radius 3 is 2.47 bits per heavy atom. The van der Waals surface area contributed by atoms with Crippen LogP contribution in [-0.2, 0) is 4.79 Å². The lowest BCUT2D eigenvalue weighted by atomic mass is 10.1. The number of benzene rings is 4. The lowest BCUT2D eigenvalue weighted by molar-refractivity contribution is -0.118. The van der Waals surface area contributed by atoms with E-state index >= 15 is 0 Å². The summed E-state index contributed by atoms with van der Waals surface area (Å²) < 4.78 is 12.3. The van der Waals surface area contributed by atoms with Crippen LogP contribution in [0.25, 0.3) is 11.3 Å². The molecule has 0 spiro atoms. The Hall–Kier alpha value is -4.46. The Bertz CT molecular complexity index is 1800. The van der Waals surface area contributed by atoms with E-state index in [1.807, 2.05) is 60.8 Å². The van der Waals surface area contributed by atoms with Crippen LogP contribution in [0.5, 0.6) is 11.5 Å². The van der Waals surface area contributed by atoms with E-state index in [2.05, 4.69) is 48.7 Å². The van der Waals surface area contributed by atoms with E-state index in [1.165, 1.54) is 17.6 Å². The fourth-order valence-corrected chi connectivity index (χ4v) is 5.71. The Labute approximate surface area is 282 Å². The van der Waals surface area contributed by atoms with Gasteiger partial charge in [-0.05, 0) is 95.7 Å².